The summed E-state index contributed by atoms with van der Waals surface area (Å²) in [4.78, 5) is 26.7. The van der Waals surface area contributed by atoms with Crippen molar-refractivity contribution >= 4 is 35.0 Å². The lowest BCUT2D eigenvalue weighted by Gasteiger charge is -2.32. The Morgan fingerprint density at radius 1 is 1.10 bits per heavy atom. The molecular weight excluding hydrogens is 423 g/mol. The summed E-state index contributed by atoms with van der Waals surface area (Å²) in [5.74, 6) is 0.430. The number of aryl methyl sites for hydroxylation is 1. The normalized spacial score (nSPS) is 14.4. The van der Waals surface area contributed by atoms with Crippen molar-refractivity contribution in [2.24, 2.45) is 0 Å². The van der Waals surface area contributed by atoms with Gasteiger partial charge in [-0.3, -0.25) is 9.59 Å². The average molecular weight is 449 g/mol. The fraction of sp³-hybridized carbons (Fsp3) is 0.391. The summed E-state index contributed by atoms with van der Waals surface area (Å²) < 4.78 is 5.64. The molecule has 0 atom stereocenters. The van der Waals surface area contributed by atoms with Gasteiger partial charge < -0.3 is 15.0 Å². The third kappa shape index (κ3) is 6.13. The fourth-order valence-corrected chi connectivity index (χ4v) is 3.98. The Hall–Kier alpha value is -2.24. The second-order valence-corrected chi connectivity index (χ2v) is 8.28. The number of nitrogens with one attached hydrogen (secondary N) is 1. The van der Waals surface area contributed by atoms with E-state index in [1.54, 1.807) is 23.1 Å². The Morgan fingerprint density at radius 3 is 2.43 bits per heavy atom. The molecule has 1 aliphatic heterocycles. The Labute approximate surface area is 187 Å². The van der Waals surface area contributed by atoms with Crippen LogP contribution < -0.4 is 10.1 Å². The van der Waals surface area contributed by atoms with Crippen molar-refractivity contribution in [3.8, 4) is 5.75 Å². The molecule has 2 aromatic rings. The van der Waals surface area contributed by atoms with Crippen LogP contribution in [0.15, 0.2) is 42.5 Å². The van der Waals surface area contributed by atoms with Crippen LogP contribution in [0.1, 0.15) is 42.1 Å². The van der Waals surface area contributed by atoms with Gasteiger partial charge in [0.25, 0.3) is 11.8 Å². The van der Waals surface area contributed by atoms with E-state index in [2.05, 4.69) is 12.2 Å². The highest BCUT2D eigenvalue weighted by molar-refractivity contribution is 6.36. The number of hydrogen-bond donors (Lipinski definition) is 1. The summed E-state index contributed by atoms with van der Waals surface area (Å²) in [7, 11) is 0. The van der Waals surface area contributed by atoms with E-state index in [0.29, 0.717) is 47.3 Å². The highest BCUT2D eigenvalue weighted by atomic mass is 35.5. The number of benzene rings is 2. The summed E-state index contributed by atoms with van der Waals surface area (Å²) in [6, 6.07) is 12.7. The van der Waals surface area contributed by atoms with Crippen molar-refractivity contribution in [2.75, 3.05) is 19.7 Å². The third-order valence-corrected chi connectivity index (χ3v) is 5.73. The molecule has 0 unspecified atom stereocenters. The van der Waals surface area contributed by atoms with Crippen LogP contribution >= 0.6 is 23.2 Å². The summed E-state index contributed by atoms with van der Waals surface area (Å²) in [6.45, 7) is 3.32. The van der Waals surface area contributed by atoms with Crippen LogP contribution in [0.5, 0.6) is 5.75 Å². The minimum absolute atomic E-state index is 0.000299. The largest absolute Gasteiger partial charge is 0.484 e. The SMILES string of the molecule is CCCc1ccc(OCC(=O)N2CCC(NC(=O)c3ccc(Cl)cc3Cl)CC2)cc1. The quantitative estimate of drug-likeness (QED) is 0.664. The first-order valence-corrected chi connectivity index (χ1v) is 11.0. The van der Waals surface area contributed by atoms with Gasteiger partial charge in [0.1, 0.15) is 5.75 Å². The lowest BCUT2D eigenvalue weighted by Crippen LogP contribution is -2.47. The van der Waals surface area contributed by atoms with Crippen molar-refractivity contribution in [1.29, 1.82) is 0 Å². The van der Waals surface area contributed by atoms with Crippen LogP contribution in [0.4, 0.5) is 0 Å². The Bertz CT molecular complexity index is 879. The number of nitrogens with zero attached hydrogens (tertiary/aromatic N) is 1. The topological polar surface area (TPSA) is 58.6 Å². The molecule has 2 aromatic carbocycles. The van der Waals surface area contributed by atoms with Gasteiger partial charge in [0, 0.05) is 24.2 Å². The molecule has 0 saturated carbocycles. The highest BCUT2D eigenvalue weighted by Gasteiger charge is 2.25. The van der Waals surface area contributed by atoms with Gasteiger partial charge in [-0.25, -0.2) is 0 Å². The van der Waals surface area contributed by atoms with Crippen molar-refractivity contribution < 1.29 is 14.3 Å². The number of piperidine rings is 1. The smallest absolute Gasteiger partial charge is 0.260 e. The maximum atomic E-state index is 12.5. The summed E-state index contributed by atoms with van der Waals surface area (Å²) in [5.41, 5.74) is 1.66. The summed E-state index contributed by atoms with van der Waals surface area (Å²) in [5, 5.41) is 3.81. The Balaban J connectivity index is 1.43. The number of carbonyl (C=O) groups excluding carboxylic acids is 2. The molecule has 0 aliphatic carbocycles. The maximum absolute atomic E-state index is 12.5. The Morgan fingerprint density at radius 2 is 1.80 bits per heavy atom. The highest BCUT2D eigenvalue weighted by Crippen LogP contribution is 2.22. The minimum atomic E-state index is -0.226. The number of halogens is 2. The molecular formula is C23H26Cl2N2O3. The zero-order chi connectivity index (χ0) is 21.5. The van der Waals surface area contributed by atoms with Crippen LogP contribution in [0.3, 0.4) is 0 Å². The second-order valence-electron chi connectivity index (χ2n) is 7.44. The predicted octanol–water partition coefficient (Wildman–Crippen LogP) is 4.75. The van der Waals surface area contributed by atoms with E-state index in [-0.39, 0.29) is 24.5 Å². The lowest BCUT2D eigenvalue weighted by molar-refractivity contribution is -0.134. The first kappa shape index (κ1) is 22.4. The monoisotopic (exact) mass is 448 g/mol. The number of carbonyl (C=O) groups is 2. The number of ether oxygens (including phenoxy) is 1. The van der Waals surface area contributed by atoms with Crippen LogP contribution in [0, 0.1) is 0 Å². The van der Waals surface area contributed by atoms with E-state index in [9.17, 15) is 9.59 Å². The molecule has 1 aliphatic rings. The number of amides is 2. The molecule has 160 valence electrons. The first-order valence-electron chi connectivity index (χ1n) is 10.2. The van der Waals surface area contributed by atoms with Crippen LogP contribution in [-0.4, -0.2) is 42.5 Å². The average Bonchev–Trinajstić information content (AvgIpc) is 2.73. The molecule has 7 heteroatoms. The van der Waals surface area contributed by atoms with E-state index in [1.807, 2.05) is 24.3 Å². The minimum Gasteiger partial charge on any atom is -0.484 e. The van der Waals surface area contributed by atoms with E-state index in [1.165, 1.54) is 5.56 Å². The number of rotatable bonds is 7. The molecule has 1 N–H and O–H groups in total. The van der Waals surface area contributed by atoms with Gasteiger partial charge in [-0.05, 0) is 55.2 Å². The molecule has 0 spiro atoms. The van der Waals surface area contributed by atoms with Gasteiger partial charge in [0.2, 0.25) is 0 Å². The maximum Gasteiger partial charge on any atom is 0.260 e. The molecule has 0 aromatic heterocycles. The standard InChI is InChI=1S/C23H26Cl2N2O3/c1-2-3-16-4-7-19(8-5-16)30-15-22(28)27-12-10-18(11-13-27)26-23(29)20-9-6-17(24)14-21(20)25/h4-9,14,18H,2-3,10-13,15H2,1H3,(H,26,29). The van der Waals surface area contributed by atoms with Crippen molar-refractivity contribution in [3.63, 3.8) is 0 Å². The van der Waals surface area contributed by atoms with Gasteiger partial charge >= 0.3 is 0 Å². The van der Waals surface area contributed by atoms with Gasteiger partial charge in [-0.2, -0.15) is 0 Å². The first-order chi connectivity index (χ1) is 14.5. The zero-order valence-electron chi connectivity index (χ0n) is 17.0. The van der Waals surface area contributed by atoms with Crippen molar-refractivity contribution in [2.45, 2.75) is 38.6 Å². The third-order valence-electron chi connectivity index (χ3n) is 5.18. The molecule has 0 radical (unpaired) electrons. The lowest BCUT2D eigenvalue weighted by atomic mass is 10.0. The predicted molar refractivity (Wildman–Crippen MR) is 119 cm³/mol. The number of hydrogen-bond acceptors (Lipinski definition) is 3. The van der Waals surface area contributed by atoms with Gasteiger partial charge in [0.15, 0.2) is 6.61 Å². The summed E-state index contributed by atoms with van der Waals surface area (Å²) >= 11 is 12.0. The molecule has 1 heterocycles. The van der Waals surface area contributed by atoms with Gasteiger partial charge in [0.05, 0.1) is 10.6 Å². The molecule has 0 bridgehead atoms. The van der Waals surface area contributed by atoms with Crippen LogP contribution in [0.2, 0.25) is 10.0 Å². The molecule has 5 nitrogen and oxygen atoms in total. The zero-order valence-corrected chi connectivity index (χ0v) is 18.5. The molecule has 1 fully saturated rings. The molecule has 1 saturated heterocycles. The summed E-state index contributed by atoms with van der Waals surface area (Å²) in [6.07, 6.45) is 3.51. The van der Waals surface area contributed by atoms with E-state index in [4.69, 9.17) is 27.9 Å². The fourth-order valence-electron chi connectivity index (χ4n) is 3.49. The second kappa shape index (κ2) is 10.7. The van der Waals surface area contributed by atoms with Crippen molar-refractivity contribution in [3.05, 3.63) is 63.6 Å². The van der Waals surface area contributed by atoms with E-state index >= 15 is 0 Å². The molecule has 3 rings (SSSR count). The molecule has 30 heavy (non-hydrogen) atoms. The van der Waals surface area contributed by atoms with E-state index < -0.39 is 0 Å². The van der Waals surface area contributed by atoms with E-state index in [0.717, 1.165) is 12.8 Å². The number of likely N-dealkylation sites (tertiary alicyclic amines) is 1. The van der Waals surface area contributed by atoms with Crippen molar-refractivity contribution in [1.82, 2.24) is 10.2 Å². The van der Waals surface area contributed by atoms with Crippen LogP contribution in [0.25, 0.3) is 0 Å². The van der Waals surface area contributed by atoms with Crippen LogP contribution in [-0.2, 0) is 11.2 Å². The van der Waals surface area contributed by atoms with Gasteiger partial charge in [-0.15, -0.1) is 0 Å². The molecule has 2 amide bonds. The Kier molecular flexibility index (Phi) is 8.00. The van der Waals surface area contributed by atoms with Gasteiger partial charge in [-0.1, -0.05) is 48.7 Å².